The average molecular weight is 223 g/mol. The van der Waals surface area contributed by atoms with Gasteiger partial charge in [-0.1, -0.05) is 29.8 Å². The summed E-state index contributed by atoms with van der Waals surface area (Å²) in [7, 11) is 1.29. The molecule has 0 saturated carbocycles. The number of aldehydes is 1. The summed E-state index contributed by atoms with van der Waals surface area (Å²) in [6.45, 7) is 3.33. The van der Waals surface area contributed by atoms with Gasteiger partial charge in [-0.05, 0) is 0 Å². The molecule has 3 nitrogen and oxygen atoms in total. The third-order valence-corrected chi connectivity index (χ3v) is 2.92. The Labute approximate surface area is 74.2 Å². The van der Waals surface area contributed by atoms with Crippen molar-refractivity contribution in [2.75, 3.05) is 7.11 Å². The van der Waals surface area contributed by atoms with Crippen LogP contribution in [-0.2, 0) is 14.3 Å². The van der Waals surface area contributed by atoms with Crippen LogP contribution in [0.15, 0.2) is 0 Å². The number of carbonyl (C=O) groups is 2. The standard InChI is InChI=1S/C7H11BrO3/c1-7(2,4-9)5(8)6(10)11-3/h4-5H,1-3H3. The van der Waals surface area contributed by atoms with Crippen molar-refractivity contribution in [1.82, 2.24) is 0 Å². The molecule has 0 fully saturated rings. The molecule has 0 aliphatic carbocycles. The molecule has 0 aliphatic heterocycles. The molecule has 0 aromatic carbocycles. The van der Waals surface area contributed by atoms with E-state index in [2.05, 4.69) is 20.7 Å². The summed E-state index contributed by atoms with van der Waals surface area (Å²) in [5.74, 6) is -0.429. The van der Waals surface area contributed by atoms with Gasteiger partial charge >= 0.3 is 5.97 Å². The van der Waals surface area contributed by atoms with Crippen LogP contribution in [0.4, 0.5) is 0 Å². The zero-order valence-electron chi connectivity index (χ0n) is 6.76. The molecule has 64 valence electrons. The number of methoxy groups -OCH3 is 1. The molecule has 1 unspecified atom stereocenters. The lowest BCUT2D eigenvalue weighted by Gasteiger charge is -2.20. The Morgan fingerprint density at radius 2 is 2.09 bits per heavy atom. The zero-order valence-corrected chi connectivity index (χ0v) is 8.34. The van der Waals surface area contributed by atoms with E-state index in [9.17, 15) is 9.59 Å². The van der Waals surface area contributed by atoms with Crippen LogP contribution in [0.1, 0.15) is 13.8 Å². The van der Waals surface area contributed by atoms with Gasteiger partial charge in [-0.15, -0.1) is 0 Å². The molecule has 0 rings (SSSR count). The van der Waals surface area contributed by atoms with Crippen LogP contribution in [0.25, 0.3) is 0 Å². The van der Waals surface area contributed by atoms with Gasteiger partial charge in [-0.25, -0.2) is 0 Å². The van der Waals surface area contributed by atoms with Gasteiger partial charge in [0.1, 0.15) is 11.1 Å². The topological polar surface area (TPSA) is 43.4 Å². The fourth-order valence-corrected chi connectivity index (χ4v) is 0.762. The zero-order chi connectivity index (χ0) is 9.07. The van der Waals surface area contributed by atoms with Gasteiger partial charge in [0.05, 0.1) is 7.11 Å². The molecule has 0 saturated heterocycles. The Balaban J connectivity index is 4.34. The fourth-order valence-electron chi connectivity index (χ4n) is 0.467. The molecule has 0 spiro atoms. The summed E-state index contributed by atoms with van der Waals surface area (Å²) in [5.41, 5.74) is -0.715. The third-order valence-electron chi connectivity index (χ3n) is 1.37. The minimum absolute atomic E-state index is 0.429. The quantitative estimate of drug-likeness (QED) is 0.409. The Hall–Kier alpha value is -0.380. The van der Waals surface area contributed by atoms with Gasteiger partial charge in [0.2, 0.25) is 0 Å². The normalized spacial score (nSPS) is 13.8. The minimum Gasteiger partial charge on any atom is -0.468 e. The molecule has 0 N–H and O–H groups in total. The van der Waals surface area contributed by atoms with Crippen molar-refractivity contribution in [2.45, 2.75) is 18.7 Å². The lowest BCUT2D eigenvalue weighted by molar-refractivity contribution is -0.143. The van der Waals surface area contributed by atoms with Crippen LogP contribution in [0.5, 0.6) is 0 Å². The average Bonchev–Trinajstić information content (AvgIpc) is 2.01. The van der Waals surface area contributed by atoms with Gasteiger partial charge in [0.15, 0.2) is 0 Å². The van der Waals surface area contributed by atoms with E-state index < -0.39 is 16.2 Å². The van der Waals surface area contributed by atoms with Crippen molar-refractivity contribution in [3.05, 3.63) is 0 Å². The molecule has 0 heterocycles. The van der Waals surface area contributed by atoms with E-state index in [0.29, 0.717) is 0 Å². The summed E-state index contributed by atoms with van der Waals surface area (Å²) in [6.07, 6.45) is 0.726. The van der Waals surface area contributed by atoms with Crippen LogP contribution < -0.4 is 0 Å². The van der Waals surface area contributed by atoms with E-state index in [1.54, 1.807) is 13.8 Å². The summed E-state index contributed by atoms with van der Waals surface area (Å²) in [6, 6.07) is 0. The highest BCUT2D eigenvalue weighted by atomic mass is 79.9. The number of esters is 1. The highest BCUT2D eigenvalue weighted by Crippen LogP contribution is 2.25. The number of rotatable bonds is 3. The number of hydrogen-bond donors (Lipinski definition) is 0. The smallest absolute Gasteiger partial charge is 0.320 e. The van der Waals surface area contributed by atoms with Crippen LogP contribution >= 0.6 is 15.9 Å². The molecular formula is C7H11BrO3. The van der Waals surface area contributed by atoms with Crippen molar-refractivity contribution in [1.29, 1.82) is 0 Å². The molecule has 0 bridgehead atoms. The number of ether oxygens (including phenoxy) is 1. The van der Waals surface area contributed by atoms with E-state index in [1.165, 1.54) is 7.11 Å². The molecule has 0 aromatic rings. The Bertz CT molecular complexity index is 165. The van der Waals surface area contributed by atoms with Crippen LogP contribution in [0.2, 0.25) is 0 Å². The molecule has 4 heteroatoms. The van der Waals surface area contributed by atoms with Crippen LogP contribution in [-0.4, -0.2) is 24.2 Å². The minimum atomic E-state index is -0.715. The maximum Gasteiger partial charge on any atom is 0.320 e. The maximum atomic E-state index is 10.9. The monoisotopic (exact) mass is 222 g/mol. The predicted octanol–water partition coefficient (Wildman–Crippen LogP) is 1.15. The van der Waals surface area contributed by atoms with E-state index in [4.69, 9.17) is 0 Å². The molecule has 0 aliphatic rings. The molecule has 11 heavy (non-hydrogen) atoms. The van der Waals surface area contributed by atoms with Gasteiger partial charge in [-0.2, -0.15) is 0 Å². The molecule has 0 aromatic heterocycles. The van der Waals surface area contributed by atoms with Crippen molar-refractivity contribution >= 4 is 28.2 Å². The first-order valence-corrected chi connectivity index (χ1v) is 4.05. The van der Waals surface area contributed by atoms with E-state index in [1.807, 2.05) is 0 Å². The Kier molecular flexibility index (Phi) is 3.72. The second-order valence-electron chi connectivity index (χ2n) is 2.82. The van der Waals surface area contributed by atoms with Crippen LogP contribution in [0.3, 0.4) is 0 Å². The third kappa shape index (κ3) is 2.61. The molecular weight excluding hydrogens is 212 g/mol. The highest BCUT2D eigenvalue weighted by molar-refractivity contribution is 9.10. The van der Waals surface area contributed by atoms with Crippen LogP contribution in [0, 0.1) is 5.41 Å². The summed E-state index contributed by atoms with van der Waals surface area (Å²) in [5, 5.41) is 0. The molecule has 0 radical (unpaired) electrons. The summed E-state index contributed by atoms with van der Waals surface area (Å²) in [4.78, 5) is 20.8. The van der Waals surface area contributed by atoms with E-state index >= 15 is 0 Å². The van der Waals surface area contributed by atoms with Gasteiger partial charge in [-0.3, -0.25) is 4.79 Å². The second kappa shape index (κ2) is 3.85. The summed E-state index contributed by atoms with van der Waals surface area (Å²) < 4.78 is 4.46. The second-order valence-corrected chi connectivity index (χ2v) is 3.74. The fraction of sp³-hybridized carbons (Fsp3) is 0.714. The van der Waals surface area contributed by atoms with Gasteiger partial charge < -0.3 is 9.53 Å². The first-order chi connectivity index (χ1) is 4.95. The largest absolute Gasteiger partial charge is 0.468 e. The predicted molar refractivity (Wildman–Crippen MR) is 44.6 cm³/mol. The van der Waals surface area contributed by atoms with Crippen molar-refractivity contribution < 1.29 is 14.3 Å². The van der Waals surface area contributed by atoms with Crippen molar-refractivity contribution in [3.63, 3.8) is 0 Å². The van der Waals surface area contributed by atoms with Gasteiger partial charge in [0.25, 0.3) is 0 Å². The maximum absolute atomic E-state index is 10.9. The lowest BCUT2D eigenvalue weighted by Crippen LogP contribution is -2.33. The summed E-state index contributed by atoms with van der Waals surface area (Å²) >= 11 is 3.08. The van der Waals surface area contributed by atoms with Crippen molar-refractivity contribution in [2.24, 2.45) is 5.41 Å². The van der Waals surface area contributed by atoms with E-state index in [-0.39, 0.29) is 0 Å². The SMILES string of the molecule is COC(=O)C(Br)C(C)(C)C=O. The van der Waals surface area contributed by atoms with Crippen molar-refractivity contribution in [3.8, 4) is 0 Å². The first kappa shape index (κ1) is 10.6. The lowest BCUT2D eigenvalue weighted by atomic mass is 9.91. The van der Waals surface area contributed by atoms with E-state index in [0.717, 1.165) is 6.29 Å². The Morgan fingerprint density at radius 1 is 1.64 bits per heavy atom. The highest BCUT2D eigenvalue weighted by Gasteiger charge is 2.33. The number of halogens is 1. The first-order valence-electron chi connectivity index (χ1n) is 3.14. The number of hydrogen-bond acceptors (Lipinski definition) is 3. The molecule has 0 amide bonds. The number of carbonyl (C=O) groups excluding carboxylic acids is 2. The molecule has 1 atom stereocenters. The Morgan fingerprint density at radius 3 is 2.36 bits per heavy atom. The number of alkyl halides is 1. The van der Waals surface area contributed by atoms with Gasteiger partial charge in [0, 0.05) is 5.41 Å².